The van der Waals surface area contributed by atoms with E-state index >= 15 is 0 Å². The Morgan fingerprint density at radius 3 is 2.32 bits per heavy atom. The molecule has 0 unspecified atom stereocenters. The minimum Gasteiger partial charge on any atom is -0.493 e. The molecule has 0 radical (unpaired) electrons. The number of methoxy groups -OCH3 is 1. The fourth-order valence-electron chi connectivity index (χ4n) is 2.93. The molecule has 1 aliphatic heterocycles. The van der Waals surface area contributed by atoms with Gasteiger partial charge in [-0.25, -0.2) is 13.6 Å². The molecule has 0 atom stereocenters. The molecule has 0 bridgehead atoms. The van der Waals surface area contributed by atoms with Crippen molar-refractivity contribution in [3.05, 3.63) is 53.6 Å². The molecule has 0 saturated heterocycles. The van der Waals surface area contributed by atoms with Crippen molar-refractivity contribution in [2.75, 3.05) is 12.1 Å². The lowest BCUT2D eigenvalue weighted by Crippen LogP contribution is -2.25. The van der Waals surface area contributed by atoms with E-state index in [1.165, 1.54) is 25.3 Å². The van der Waals surface area contributed by atoms with Crippen molar-refractivity contribution < 1.29 is 40.7 Å². The number of hydrogen-bond donors (Lipinski definition) is 1. The number of esters is 1. The lowest BCUT2D eigenvalue weighted by atomic mass is 10.1. The van der Waals surface area contributed by atoms with Crippen LogP contribution in [0.3, 0.4) is 0 Å². The van der Waals surface area contributed by atoms with E-state index in [4.69, 9.17) is 14.6 Å². The highest BCUT2D eigenvalue weighted by Gasteiger charge is 2.46. The molecule has 0 saturated carbocycles. The monoisotopic (exact) mass is 497 g/mol. The second-order valence-electron chi connectivity index (χ2n) is 6.90. The minimum atomic E-state index is -4.96. The summed E-state index contributed by atoms with van der Waals surface area (Å²) in [6, 6.07) is 8.28. The van der Waals surface area contributed by atoms with E-state index in [0.29, 0.717) is 5.01 Å². The zero-order valence-electron chi connectivity index (χ0n) is 17.8. The fraction of sp³-hybridized carbons (Fsp3) is 0.190. The van der Waals surface area contributed by atoms with Crippen molar-refractivity contribution in [2.24, 2.45) is 10.2 Å². The van der Waals surface area contributed by atoms with Crippen LogP contribution in [0, 0.1) is 0 Å². The van der Waals surface area contributed by atoms with Gasteiger partial charge in [0.05, 0.1) is 23.3 Å². The first kappa shape index (κ1) is 24.9. The third-order valence-electron chi connectivity index (χ3n) is 4.57. The molecule has 1 amide bonds. The Labute approximate surface area is 192 Å². The van der Waals surface area contributed by atoms with E-state index in [1.807, 2.05) is 0 Å². The van der Waals surface area contributed by atoms with Gasteiger partial charge in [0.15, 0.2) is 17.2 Å². The Hall–Kier alpha value is -3.71. The topological polar surface area (TPSA) is 128 Å². The van der Waals surface area contributed by atoms with Crippen molar-refractivity contribution in [3.63, 3.8) is 0 Å². The molecule has 1 heterocycles. The first-order valence-electron chi connectivity index (χ1n) is 9.59. The SMILES string of the molecule is CCC(=O)Oc1ccc(/C=C2\C(=O)N(c3ccc(S(N)(=O)=O)cc3)N=C2C(F)(F)F)cc1OC. The summed E-state index contributed by atoms with van der Waals surface area (Å²) >= 11 is 0. The molecule has 34 heavy (non-hydrogen) atoms. The van der Waals surface area contributed by atoms with E-state index in [2.05, 4.69) is 5.10 Å². The average Bonchev–Trinajstić information content (AvgIpc) is 3.10. The molecule has 13 heteroatoms. The number of sulfonamides is 1. The molecule has 2 N–H and O–H groups in total. The number of nitrogens with zero attached hydrogens (tertiary/aromatic N) is 2. The lowest BCUT2D eigenvalue weighted by molar-refractivity contribution is -0.134. The summed E-state index contributed by atoms with van der Waals surface area (Å²) in [4.78, 5) is 24.1. The Bertz CT molecular complexity index is 1300. The highest BCUT2D eigenvalue weighted by atomic mass is 32.2. The molecule has 0 aromatic heterocycles. The summed E-state index contributed by atoms with van der Waals surface area (Å²) in [5.41, 5.74) is -2.13. The summed E-state index contributed by atoms with van der Waals surface area (Å²) in [6.45, 7) is 1.59. The molecule has 1 aliphatic rings. The van der Waals surface area contributed by atoms with Crippen molar-refractivity contribution >= 4 is 39.4 Å². The van der Waals surface area contributed by atoms with Crippen molar-refractivity contribution in [1.29, 1.82) is 0 Å². The zero-order valence-corrected chi connectivity index (χ0v) is 18.6. The molecule has 180 valence electrons. The summed E-state index contributed by atoms with van der Waals surface area (Å²) in [6.07, 6.45) is -3.89. The molecule has 9 nitrogen and oxygen atoms in total. The number of amides is 1. The maximum absolute atomic E-state index is 13.7. The summed E-state index contributed by atoms with van der Waals surface area (Å²) in [5.74, 6) is -1.49. The highest BCUT2D eigenvalue weighted by molar-refractivity contribution is 7.89. The normalized spacial score (nSPS) is 15.5. The number of benzene rings is 2. The highest BCUT2D eigenvalue weighted by Crippen LogP contribution is 2.34. The summed E-state index contributed by atoms with van der Waals surface area (Å²) in [7, 11) is -2.75. The van der Waals surface area contributed by atoms with Gasteiger partial charge in [-0.3, -0.25) is 9.59 Å². The zero-order chi connectivity index (χ0) is 25.3. The smallest absolute Gasteiger partial charge is 0.435 e. The quantitative estimate of drug-likeness (QED) is 0.371. The number of rotatable bonds is 6. The number of anilines is 1. The number of primary sulfonamides is 1. The van der Waals surface area contributed by atoms with Crippen LogP contribution in [0.2, 0.25) is 0 Å². The van der Waals surface area contributed by atoms with Gasteiger partial charge in [-0.2, -0.15) is 23.3 Å². The van der Waals surface area contributed by atoms with E-state index in [0.717, 1.165) is 30.3 Å². The van der Waals surface area contributed by atoms with Gasteiger partial charge in [0, 0.05) is 6.42 Å². The van der Waals surface area contributed by atoms with Gasteiger partial charge in [-0.1, -0.05) is 13.0 Å². The van der Waals surface area contributed by atoms with E-state index in [9.17, 15) is 31.2 Å². The van der Waals surface area contributed by atoms with Gasteiger partial charge in [-0.05, 0) is 48.0 Å². The molecule has 0 aliphatic carbocycles. The largest absolute Gasteiger partial charge is 0.493 e. The standard InChI is InChI=1S/C21H18F3N3O6S/c1-3-18(28)33-16-9-4-12(11-17(16)32-2)10-15-19(21(22,23)24)26-27(20(15)29)13-5-7-14(8-6-13)34(25,30)31/h4-11H,3H2,1-2H3,(H2,25,30,31)/b15-10-. The number of hydrazone groups is 1. The minimum absolute atomic E-state index is 0.0653. The Kier molecular flexibility index (Phi) is 6.79. The Morgan fingerprint density at radius 2 is 1.79 bits per heavy atom. The number of halogens is 3. The molecule has 2 aromatic rings. The van der Waals surface area contributed by atoms with Gasteiger partial charge in [0.25, 0.3) is 5.91 Å². The van der Waals surface area contributed by atoms with Crippen LogP contribution in [0.5, 0.6) is 11.5 Å². The molecule has 0 spiro atoms. The lowest BCUT2D eigenvalue weighted by Gasteiger charge is -2.12. The van der Waals surface area contributed by atoms with Gasteiger partial charge >= 0.3 is 12.1 Å². The van der Waals surface area contributed by atoms with E-state index in [1.54, 1.807) is 6.92 Å². The number of nitrogens with two attached hydrogens (primary N) is 1. The van der Waals surface area contributed by atoms with Crippen LogP contribution in [0.4, 0.5) is 18.9 Å². The van der Waals surface area contributed by atoms with Crippen LogP contribution in [-0.4, -0.2) is 39.3 Å². The van der Waals surface area contributed by atoms with Crippen molar-refractivity contribution in [3.8, 4) is 11.5 Å². The Morgan fingerprint density at radius 1 is 1.15 bits per heavy atom. The maximum atomic E-state index is 13.7. The van der Waals surface area contributed by atoms with E-state index in [-0.39, 0.29) is 34.1 Å². The predicted molar refractivity (Wildman–Crippen MR) is 116 cm³/mol. The number of carbonyl (C=O) groups excluding carboxylic acids is 2. The molecule has 0 fully saturated rings. The average molecular weight is 497 g/mol. The first-order chi connectivity index (χ1) is 15.8. The molecular weight excluding hydrogens is 479 g/mol. The van der Waals surface area contributed by atoms with Gasteiger partial charge < -0.3 is 9.47 Å². The van der Waals surface area contributed by atoms with Crippen LogP contribution in [0.1, 0.15) is 18.9 Å². The van der Waals surface area contributed by atoms with Gasteiger partial charge in [0.2, 0.25) is 10.0 Å². The van der Waals surface area contributed by atoms with E-state index < -0.39 is 39.4 Å². The van der Waals surface area contributed by atoms with Crippen LogP contribution in [0.15, 0.2) is 58.0 Å². The number of carbonyl (C=O) groups is 2. The third kappa shape index (κ3) is 5.26. The second kappa shape index (κ2) is 9.27. The van der Waals surface area contributed by atoms with Crippen molar-refractivity contribution in [2.45, 2.75) is 24.4 Å². The molecular formula is C21H18F3N3O6S. The number of hydrogen-bond acceptors (Lipinski definition) is 7. The van der Waals surface area contributed by atoms with Crippen LogP contribution in [-0.2, 0) is 19.6 Å². The predicted octanol–water partition coefficient (Wildman–Crippen LogP) is 3.01. The summed E-state index contributed by atoms with van der Waals surface area (Å²) < 4.78 is 74.0. The Balaban J connectivity index is 2.02. The summed E-state index contributed by atoms with van der Waals surface area (Å²) in [5, 5.41) is 8.94. The maximum Gasteiger partial charge on any atom is 0.435 e. The van der Waals surface area contributed by atoms with Crippen molar-refractivity contribution in [1.82, 2.24) is 0 Å². The second-order valence-corrected chi connectivity index (χ2v) is 8.46. The molecule has 2 aromatic carbocycles. The molecule has 3 rings (SSSR count). The third-order valence-corrected chi connectivity index (χ3v) is 5.50. The van der Waals surface area contributed by atoms with Crippen LogP contribution >= 0.6 is 0 Å². The van der Waals surface area contributed by atoms with Crippen LogP contribution < -0.4 is 19.6 Å². The number of ether oxygens (including phenoxy) is 2. The van der Waals surface area contributed by atoms with Gasteiger partial charge in [0.1, 0.15) is 0 Å². The number of alkyl halides is 3. The fourth-order valence-corrected chi connectivity index (χ4v) is 3.44. The first-order valence-corrected chi connectivity index (χ1v) is 11.1. The van der Waals surface area contributed by atoms with Gasteiger partial charge in [-0.15, -0.1) is 0 Å². The van der Waals surface area contributed by atoms with Crippen LogP contribution in [0.25, 0.3) is 6.08 Å².